The van der Waals surface area contributed by atoms with Crippen LogP contribution in [0.2, 0.25) is 0 Å². The van der Waals surface area contributed by atoms with Gasteiger partial charge < -0.3 is 10.2 Å². The maximum Gasteiger partial charge on any atom is 0.176 e. The second kappa shape index (κ2) is 4.14. The van der Waals surface area contributed by atoms with Crippen LogP contribution in [0.25, 0.3) is 0 Å². The van der Waals surface area contributed by atoms with Crippen LogP contribution in [0.15, 0.2) is 18.2 Å². The molecule has 1 fully saturated rings. The van der Waals surface area contributed by atoms with Gasteiger partial charge in [-0.3, -0.25) is 9.69 Å². The number of carbonyl (C=O) groups is 1. The molecule has 0 radical (unpaired) electrons. The summed E-state index contributed by atoms with van der Waals surface area (Å²) >= 11 is 0. The van der Waals surface area contributed by atoms with E-state index in [2.05, 4.69) is 0 Å². The van der Waals surface area contributed by atoms with Gasteiger partial charge in [-0.15, -0.1) is 0 Å². The minimum atomic E-state index is -0.250. The van der Waals surface area contributed by atoms with Crippen molar-refractivity contribution in [3.05, 3.63) is 23.8 Å². The highest BCUT2D eigenvalue weighted by Gasteiger charge is 2.27. The van der Waals surface area contributed by atoms with Gasteiger partial charge in [-0.05, 0) is 38.1 Å². The number of likely N-dealkylation sites (N-methyl/N-ethyl adjacent to an activating group) is 1. The second-order valence-electron chi connectivity index (χ2n) is 4.27. The van der Waals surface area contributed by atoms with E-state index < -0.39 is 0 Å². The van der Waals surface area contributed by atoms with E-state index in [1.807, 2.05) is 11.9 Å². The van der Waals surface area contributed by atoms with Crippen LogP contribution < -0.4 is 0 Å². The number of benzene rings is 1. The molecule has 1 aromatic rings. The fourth-order valence-corrected chi connectivity index (χ4v) is 1.66. The lowest BCUT2D eigenvalue weighted by Crippen LogP contribution is -2.27. The van der Waals surface area contributed by atoms with Crippen LogP contribution in [-0.4, -0.2) is 40.5 Å². The zero-order chi connectivity index (χ0) is 11.7. The lowest BCUT2D eigenvalue weighted by atomic mass is 10.1. The third-order valence-corrected chi connectivity index (χ3v) is 2.86. The van der Waals surface area contributed by atoms with Crippen LogP contribution in [0, 0.1) is 0 Å². The molecule has 0 aliphatic heterocycles. The Kier molecular flexibility index (Phi) is 2.83. The molecule has 0 bridgehead atoms. The van der Waals surface area contributed by atoms with E-state index in [9.17, 15) is 9.90 Å². The Morgan fingerprint density at radius 3 is 2.62 bits per heavy atom. The molecule has 0 spiro atoms. The van der Waals surface area contributed by atoms with Crippen LogP contribution in [0.1, 0.15) is 23.2 Å². The molecule has 0 amide bonds. The zero-order valence-electron chi connectivity index (χ0n) is 9.18. The number of ketones is 1. The molecule has 2 rings (SSSR count). The van der Waals surface area contributed by atoms with E-state index in [0.29, 0.717) is 18.2 Å². The number of phenols is 2. The van der Waals surface area contributed by atoms with Crippen molar-refractivity contribution in [2.75, 3.05) is 13.6 Å². The van der Waals surface area contributed by atoms with Crippen LogP contribution >= 0.6 is 0 Å². The molecule has 0 unspecified atom stereocenters. The standard InChI is InChI=1S/C12H15NO3/c1-13(9-3-4-9)7-12(16)8-2-5-10(14)11(15)6-8/h2,5-6,9,14-15H,3-4,7H2,1H3. The van der Waals surface area contributed by atoms with Gasteiger partial charge in [0.1, 0.15) is 0 Å². The molecule has 4 heteroatoms. The molecule has 1 aliphatic carbocycles. The van der Waals surface area contributed by atoms with E-state index in [-0.39, 0.29) is 17.3 Å². The summed E-state index contributed by atoms with van der Waals surface area (Å²) in [6.07, 6.45) is 2.31. The molecule has 2 N–H and O–H groups in total. The Morgan fingerprint density at radius 2 is 2.06 bits per heavy atom. The topological polar surface area (TPSA) is 60.8 Å². The van der Waals surface area contributed by atoms with Gasteiger partial charge in [0.2, 0.25) is 0 Å². The van der Waals surface area contributed by atoms with Crippen molar-refractivity contribution in [1.29, 1.82) is 0 Å². The Labute approximate surface area is 94.1 Å². The first kappa shape index (κ1) is 11.0. The summed E-state index contributed by atoms with van der Waals surface area (Å²) < 4.78 is 0. The molecule has 0 heterocycles. The molecule has 4 nitrogen and oxygen atoms in total. The molecule has 1 saturated carbocycles. The smallest absolute Gasteiger partial charge is 0.176 e. The molecule has 16 heavy (non-hydrogen) atoms. The molecular formula is C12H15NO3. The average molecular weight is 221 g/mol. The summed E-state index contributed by atoms with van der Waals surface area (Å²) in [5.41, 5.74) is 0.433. The molecule has 0 aromatic heterocycles. The van der Waals surface area contributed by atoms with E-state index in [4.69, 9.17) is 5.11 Å². The van der Waals surface area contributed by atoms with Crippen LogP contribution in [0.5, 0.6) is 11.5 Å². The van der Waals surface area contributed by atoms with Crippen molar-refractivity contribution in [3.63, 3.8) is 0 Å². The minimum absolute atomic E-state index is 0.0373. The van der Waals surface area contributed by atoms with Gasteiger partial charge in [0.05, 0.1) is 6.54 Å². The number of rotatable bonds is 4. The van der Waals surface area contributed by atoms with Crippen molar-refractivity contribution in [2.24, 2.45) is 0 Å². The number of phenolic OH excluding ortho intramolecular Hbond substituents is 2. The summed E-state index contributed by atoms with van der Waals surface area (Å²) in [4.78, 5) is 13.8. The van der Waals surface area contributed by atoms with Crippen LogP contribution in [0.4, 0.5) is 0 Å². The van der Waals surface area contributed by atoms with Gasteiger partial charge in [0.25, 0.3) is 0 Å². The first-order valence-electron chi connectivity index (χ1n) is 5.33. The highest BCUT2D eigenvalue weighted by Crippen LogP contribution is 2.27. The van der Waals surface area contributed by atoms with E-state index in [0.717, 1.165) is 12.8 Å². The summed E-state index contributed by atoms with van der Waals surface area (Å²) in [5.74, 6) is -0.489. The summed E-state index contributed by atoms with van der Waals surface area (Å²) in [5, 5.41) is 18.4. The minimum Gasteiger partial charge on any atom is -0.504 e. The van der Waals surface area contributed by atoms with Crippen molar-refractivity contribution in [2.45, 2.75) is 18.9 Å². The maximum absolute atomic E-state index is 11.8. The fourth-order valence-electron chi connectivity index (χ4n) is 1.66. The number of aromatic hydroxyl groups is 2. The van der Waals surface area contributed by atoms with Gasteiger partial charge in [0.15, 0.2) is 17.3 Å². The largest absolute Gasteiger partial charge is 0.504 e. The number of nitrogens with zero attached hydrogens (tertiary/aromatic N) is 1. The van der Waals surface area contributed by atoms with Crippen molar-refractivity contribution in [3.8, 4) is 11.5 Å². The molecular weight excluding hydrogens is 206 g/mol. The molecule has 1 aliphatic rings. The monoisotopic (exact) mass is 221 g/mol. The lowest BCUT2D eigenvalue weighted by molar-refractivity contribution is 0.0942. The summed E-state index contributed by atoms with van der Waals surface area (Å²) in [7, 11) is 1.93. The molecule has 0 atom stereocenters. The number of hydrogen-bond acceptors (Lipinski definition) is 4. The molecule has 1 aromatic carbocycles. The number of hydrogen-bond donors (Lipinski definition) is 2. The third kappa shape index (κ3) is 2.33. The predicted octanol–water partition coefficient (Wildman–Crippen LogP) is 1.37. The Hall–Kier alpha value is -1.55. The van der Waals surface area contributed by atoms with Gasteiger partial charge in [-0.2, -0.15) is 0 Å². The van der Waals surface area contributed by atoms with E-state index in [1.54, 1.807) is 0 Å². The highest BCUT2D eigenvalue weighted by molar-refractivity contribution is 5.98. The van der Waals surface area contributed by atoms with Gasteiger partial charge in [-0.1, -0.05) is 0 Å². The summed E-state index contributed by atoms with van der Waals surface area (Å²) in [6.45, 7) is 0.356. The predicted molar refractivity (Wildman–Crippen MR) is 59.8 cm³/mol. The van der Waals surface area contributed by atoms with Gasteiger partial charge >= 0.3 is 0 Å². The van der Waals surface area contributed by atoms with Gasteiger partial charge in [0, 0.05) is 11.6 Å². The van der Waals surface area contributed by atoms with Crippen LogP contribution in [-0.2, 0) is 0 Å². The van der Waals surface area contributed by atoms with E-state index in [1.165, 1.54) is 18.2 Å². The first-order chi connectivity index (χ1) is 7.58. The normalized spacial score (nSPS) is 15.4. The number of carbonyl (C=O) groups excluding carboxylic acids is 1. The van der Waals surface area contributed by atoms with Gasteiger partial charge in [-0.25, -0.2) is 0 Å². The molecule has 0 saturated heterocycles. The Bertz CT molecular complexity index is 413. The van der Waals surface area contributed by atoms with Crippen molar-refractivity contribution < 1.29 is 15.0 Å². The number of Topliss-reactive ketones (excluding diaryl/α,β-unsaturated/α-hetero) is 1. The highest BCUT2D eigenvalue weighted by atomic mass is 16.3. The zero-order valence-corrected chi connectivity index (χ0v) is 9.18. The Morgan fingerprint density at radius 1 is 1.38 bits per heavy atom. The van der Waals surface area contributed by atoms with E-state index >= 15 is 0 Å². The third-order valence-electron chi connectivity index (χ3n) is 2.86. The van der Waals surface area contributed by atoms with Crippen molar-refractivity contribution >= 4 is 5.78 Å². The van der Waals surface area contributed by atoms with Crippen LogP contribution in [0.3, 0.4) is 0 Å². The fraction of sp³-hybridized carbons (Fsp3) is 0.417. The summed E-state index contributed by atoms with van der Waals surface area (Å²) in [6, 6.07) is 4.70. The quantitative estimate of drug-likeness (QED) is 0.595. The second-order valence-corrected chi connectivity index (χ2v) is 4.27. The lowest BCUT2D eigenvalue weighted by Gasteiger charge is -2.14. The average Bonchev–Trinajstić information content (AvgIpc) is 3.05. The van der Waals surface area contributed by atoms with Crippen molar-refractivity contribution in [1.82, 2.24) is 4.90 Å². The molecule has 86 valence electrons. The maximum atomic E-state index is 11.8. The Balaban J connectivity index is 2.05. The SMILES string of the molecule is CN(CC(=O)c1ccc(O)c(O)c1)C1CC1. The first-order valence-corrected chi connectivity index (χ1v) is 5.33.